The largest absolute Gasteiger partial charge is 0.508 e. The number of fused-ring (bicyclic) bond motifs is 1. The molecule has 0 radical (unpaired) electrons. The fourth-order valence-corrected chi connectivity index (χ4v) is 2.68. The predicted molar refractivity (Wildman–Crippen MR) is 97.4 cm³/mol. The molecule has 2 aromatic heterocycles. The summed E-state index contributed by atoms with van der Waals surface area (Å²) in [5, 5.41) is 22.2. The van der Waals surface area contributed by atoms with E-state index in [-0.39, 0.29) is 16.5 Å². The van der Waals surface area contributed by atoms with Gasteiger partial charge in [0.05, 0.1) is 23.8 Å². The maximum atomic E-state index is 8.80. The topological polar surface area (TPSA) is 96.2 Å². The quantitative estimate of drug-likeness (QED) is 0.575. The molecule has 0 bridgehead atoms. The molecule has 0 saturated carbocycles. The van der Waals surface area contributed by atoms with Crippen molar-refractivity contribution in [2.75, 3.05) is 36.9 Å². The van der Waals surface area contributed by atoms with E-state index in [4.69, 9.17) is 32.3 Å². The summed E-state index contributed by atoms with van der Waals surface area (Å²) in [5.74, 6) is 0.904. The van der Waals surface area contributed by atoms with Crippen LogP contribution in [0, 0.1) is 0 Å². The van der Waals surface area contributed by atoms with Crippen molar-refractivity contribution in [2.24, 2.45) is 0 Å². The van der Waals surface area contributed by atoms with Gasteiger partial charge < -0.3 is 25.6 Å². The van der Waals surface area contributed by atoms with Gasteiger partial charge in [0.1, 0.15) is 17.2 Å². The summed E-state index contributed by atoms with van der Waals surface area (Å²) in [4.78, 5) is 2.17. The first-order chi connectivity index (χ1) is 12.1. The number of halogens is 1. The normalized spacial score (nSPS) is 14.2. The number of aromatic nitrogens is 2. The second kappa shape index (κ2) is 7.50. The van der Waals surface area contributed by atoms with Crippen LogP contribution in [-0.2, 0) is 4.74 Å². The number of rotatable bonds is 1. The Kier molecular flexibility index (Phi) is 5.16. The highest BCUT2D eigenvalue weighted by molar-refractivity contribution is 6.32. The van der Waals surface area contributed by atoms with E-state index < -0.39 is 0 Å². The van der Waals surface area contributed by atoms with Crippen LogP contribution in [0.5, 0.6) is 11.5 Å². The SMILES string of the molecule is Nc1c(N2CCOCC2)nn2ccccc12.Oc1ccc(O)c(Cl)c1. The summed E-state index contributed by atoms with van der Waals surface area (Å²) in [5.41, 5.74) is 7.82. The van der Waals surface area contributed by atoms with Crippen molar-refractivity contribution >= 4 is 28.6 Å². The lowest BCUT2D eigenvalue weighted by molar-refractivity contribution is 0.122. The molecule has 132 valence electrons. The van der Waals surface area contributed by atoms with E-state index in [9.17, 15) is 0 Å². The van der Waals surface area contributed by atoms with Crippen molar-refractivity contribution in [1.29, 1.82) is 0 Å². The number of nitrogens with two attached hydrogens (primary N) is 1. The molecule has 8 heteroatoms. The van der Waals surface area contributed by atoms with Crippen LogP contribution in [-0.4, -0.2) is 46.1 Å². The fourth-order valence-electron chi connectivity index (χ4n) is 2.51. The fraction of sp³-hybridized carbons (Fsp3) is 0.235. The smallest absolute Gasteiger partial charge is 0.175 e. The lowest BCUT2D eigenvalue weighted by Crippen LogP contribution is -2.36. The van der Waals surface area contributed by atoms with Crippen LogP contribution >= 0.6 is 11.6 Å². The number of ether oxygens (including phenoxy) is 1. The molecule has 0 spiro atoms. The highest BCUT2D eigenvalue weighted by Crippen LogP contribution is 2.27. The molecule has 1 fully saturated rings. The van der Waals surface area contributed by atoms with Crippen molar-refractivity contribution in [3.8, 4) is 11.5 Å². The van der Waals surface area contributed by atoms with E-state index in [1.807, 2.05) is 28.9 Å². The van der Waals surface area contributed by atoms with Crippen molar-refractivity contribution in [1.82, 2.24) is 9.61 Å². The number of pyridine rings is 1. The molecule has 0 amide bonds. The van der Waals surface area contributed by atoms with Gasteiger partial charge in [-0.15, -0.1) is 5.10 Å². The van der Waals surface area contributed by atoms with Crippen LogP contribution in [0.15, 0.2) is 42.6 Å². The molecular weight excluding hydrogens is 344 g/mol. The molecule has 4 rings (SSSR count). The maximum absolute atomic E-state index is 8.80. The maximum Gasteiger partial charge on any atom is 0.175 e. The highest BCUT2D eigenvalue weighted by Gasteiger charge is 2.18. The number of nitrogen functional groups attached to an aromatic ring is 1. The Morgan fingerprint density at radius 1 is 1.12 bits per heavy atom. The molecule has 0 aliphatic carbocycles. The van der Waals surface area contributed by atoms with E-state index in [0.717, 1.165) is 43.3 Å². The van der Waals surface area contributed by atoms with Crippen LogP contribution in [0.1, 0.15) is 0 Å². The van der Waals surface area contributed by atoms with E-state index in [1.165, 1.54) is 18.2 Å². The number of hydrogen-bond donors (Lipinski definition) is 3. The number of phenolic OH excluding ortho intramolecular Hbond substituents is 2. The summed E-state index contributed by atoms with van der Waals surface area (Å²) in [7, 11) is 0. The second-order valence-electron chi connectivity index (χ2n) is 5.50. The molecular formula is C17H19ClN4O3. The van der Waals surface area contributed by atoms with Gasteiger partial charge >= 0.3 is 0 Å². The molecule has 0 unspecified atom stereocenters. The van der Waals surface area contributed by atoms with Crippen molar-refractivity contribution in [3.63, 3.8) is 0 Å². The Balaban J connectivity index is 0.000000173. The Morgan fingerprint density at radius 3 is 2.52 bits per heavy atom. The first-order valence-electron chi connectivity index (χ1n) is 7.79. The monoisotopic (exact) mass is 362 g/mol. The summed E-state index contributed by atoms with van der Waals surface area (Å²) >= 11 is 5.40. The molecule has 7 nitrogen and oxygen atoms in total. The van der Waals surface area contributed by atoms with E-state index >= 15 is 0 Å². The van der Waals surface area contributed by atoms with Gasteiger partial charge in [0.2, 0.25) is 0 Å². The minimum Gasteiger partial charge on any atom is -0.508 e. The highest BCUT2D eigenvalue weighted by atomic mass is 35.5. The van der Waals surface area contributed by atoms with Gasteiger partial charge in [-0.25, -0.2) is 4.52 Å². The third-order valence-corrected chi connectivity index (χ3v) is 4.10. The van der Waals surface area contributed by atoms with Crippen molar-refractivity contribution in [2.45, 2.75) is 0 Å². The Labute approximate surface area is 149 Å². The predicted octanol–water partition coefficient (Wildman–Crippen LogP) is 2.50. The van der Waals surface area contributed by atoms with Crippen LogP contribution in [0.25, 0.3) is 5.52 Å². The molecule has 1 aromatic carbocycles. The Bertz CT molecular complexity index is 862. The molecule has 1 aliphatic rings. The minimum atomic E-state index is -0.0190. The second-order valence-corrected chi connectivity index (χ2v) is 5.91. The van der Waals surface area contributed by atoms with Crippen LogP contribution in [0.3, 0.4) is 0 Å². The van der Waals surface area contributed by atoms with Crippen molar-refractivity contribution < 1.29 is 14.9 Å². The van der Waals surface area contributed by atoms with E-state index in [2.05, 4.69) is 10.00 Å². The molecule has 25 heavy (non-hydrogen) atoms. The molecule has 1 aliphatic heterocycles. The van der Waals surface area contributed by atoms with Gasteiger partial charge in [0.15, 0.2) is 5.82 Å². The zero-order chi connectivity index (χ0) is 17.8. The number of hydrogen-bond acceptors (Lipinski definition) is 6. The van der Waals surface area contributed by atoms with E-state index in [1.54, 1.807) is 0 Å². The van der Waals surface area contributed by atoms with Gasteiger partial charge in [-0.1, -0.05) is 17.7 Å². The van der Waals surface area contributed by atoms with Crippen LogP contribution in [0.2, 0.25) is 5.02 Å². The van der Waals surface area contributed by atoms with Crippen molar-refractivity contribution in [3.05, 3.63) is 47.6 Å². The molecule has 3 aromatic rings. The van der Waals surface area contributed by atoms with Gasteiger partial charge in [0, 0.05) is 25.4 Å². The van der Waals surface area contributed by atoms with E-state index in [0.29, 0.717) is 0 Å². The molecule has 0 atom stereocenters. The first kappa shape index (κ1) is 17.2. The Morgan fingerprint density at radius 2 is 1.88 bits per heavy atom. The summed E-state index contributed by atoms with van der Waals surface area (Å²) in [6.45, 7) is 3.20. The average molecular weight is 363 g/mol. The third kappa shape index (κ3) is 3.89. The number of anilines is 2. The first-order valence-corrected chi connectivity index (χ1v) is 8.17. The number of benzene rings is 1. The van der Waals surface area contributed by atoms with Crippen LogP contribution < -0.4 is 10.6 Å². The third-order valence-electron chi connectivity index (χ3n) is 3.80. The molecule has 1 saturated heterocycles. The average Bonchev–Trinajstić information content (AvgIpc) is 2.97. The minimum absolute atomic E-state index is 0.0190. The molecule has 3 heterocycles. The number of nitrogens with zero attached hydrogens (tertiary/aromatic N) is 3. The summed E-state index contributed by atoms with van der Waals surface area (Å²) in [6, 6.07) is 9.86. The lowest BCUT2D eigenvalue weighted by atomic mass is 10.3. The lowest BCUT2D eigenvalue weighted by Gasteiger charge is -2.26. The molecule has 4 N–H and O–H groups in total. The summed E-state index contributed by atoms with van der Waals surface area (Å²) < 4.78 is 7.14. The van der Waals surface area contributed by atoms with Crippen LogP contribution in [0.4, 0.5) is 11.5 Å². The number of aromatic hydroxyl groups is 2. The zero-order valence-corrected chi connectivity index (χ0v) is 14.2. The number of morpholine rings is 1. The Hall–Kier alpha value is -2.64. The standard InChI is InChI=1S/C11H14N4O.C6H5ClO2/c12-10-9-3-1-2-4-15(9)13-11(10)14-5-7-16-8-6-14;7-5-3-4(8)1-2-6(5)9/h1-4H,5-8,12H2;1-3,8-9H. The zero-order valence-electron chi connectivity index (χ0n) is 13.5. The van der Waals surface area contributed by atoms with Gasteiger partial charge in [-0.3, -0.25) is 0 Å². The summed E-state index contributed by atoms with van der Waals surface area (Å²) in [6.07, 6.45) is 1.91. The number of phenols is 2. The van der Waals surface area contributed by atoms with Gasteiger partial charge in [-0.05, 0) is 24.3 Å². The van der Waals surface area contributed by atoms with Gasteiger partial charge in [0.25, 0.3) is 0 Å². The van der Waals surface area contributed by atoms with Gasteiger partial charge in [-0.2, -0.15) is 0 Å².